The average molecular weight is 164 g/mol. The maximum Gasteiger partial charge on any atom is 0.313 e. The summed E-state index contributed by atoms with van der Waals surface area (Å²) in [6, 6.07) is 0. The van der Waals surface area contributed by atoms with Gasteiger partial charge < -0.3 is 5.11 Å². The predicted octanol–water partition coefficient (Wildman–Crippen LogP) is 1.82. The lowest BCUT2D eigenvalue weighted by molar-refractivity contribution is -0.147. The summed E-state index contributed by atoms with van der Waals surface area (Å²) >= 11 is 0. The third kappa shape index (κ3) is 0.563. The molecule has 0 aromatic rings. The molecule has 4 aliphatic carbocycles. The number of carboxylic acid groups (broad SMARTS) is 1. The van der Waals surface area contributed by atoms with Gasteiger partial charge >= 0.3 is 5.97 Å². The SMILES string of the molecule is O=C(O)C12CC3C=C1CC(C3)C2. The third-order valence-electron chi connectivity index (χ3n) is 3.85. The van der Waals surface area contributed by atoms with Gasteiger partial charge in [0.05, 0.1) is 5.41 Å². The molecule has 3 atom stereocenters. The van der Waals surface area contributed by atoms with Crippen molar-refractivity contribution in [1.29, 1.82) is 0 Å². The zero-order valence-electron chi connectivity index (χ0n) is 6.92. The molecule has 0 aromatic heterocycles. The van der Waals surface area contributed by atoms with Gasteiger partial charge in [-0.1, -0.05) is 11.6 Å². The van der Waals surface area contributed by atoms with E-state index in [1.165, 1.54) is 12.0 Å². The lowest BCUT2D eigenvalue weighted by Gasteiger charge is -2.28. The molecule has 12 heavy (non-hydrogen) atoms. The number of carbonyl (C=O) groups is 1. The second kappa shape index (κ2) is 1.76. The summed E-state index contributed by atoms with van der Waals surface area (Å²) < 4.78 is 0. The van der Waals surface area contributed by atoms with Crippen molar-refractivity contribution in [2.75, 3.05) is 0 Å². The van der Waals surface area contributed by atoms with Gasteiger partial charge in [0.1, 0.15) is 0 Å². The molecule has 3 unspecified atom stereocenters. The monoisotopic (exact) mass is 164 g/mol. The van der Waals surface area contributed by atoms with Crippen molar-refractivity contribution < 1.29 is 9.90 Å². The second-order valence-electron chi connectivity index (χ2n) is 4.55. The van der Waals surface area contributed by atoms with E-state index in [-0.39, 0.29) is 0 Å². The first kappa shape index (κ1) is 6.70. The summed E-state index contributed by atoms with van der Waals surface area (Å²) in [4.78, 5) is 11.1. The van der Waals surface area contributed by atoms with E-state index in [1.54, 1.807) is 0 Å². The van der Waals surface area contributed by atoms with Crippen LogP contribution in [0.15, 0.2) is 11.6 Å². The standard InChI is InChI=1S/C10H12O2/c11-9(12)10-4-6-1-7(5-10)3-8(10)2-6/h2,6-7H,1,3-5H2,(H,11,12). The van der Waals surface area contributed by atoms with Crippen LogP contribution in [0.1, 0.15) is 25.7 Å². The Bertz CT molecular complexity index is 292. The third-order valence-corrected chi connectivity index (χ3v) is 3.85. The van der Waals surface area contributed by atoms with E-state index in [0.29, 0.717) is 11.8 Å². The zero-order chi connectivity index (χ0) is 8.34. The zero-order valence-corrected chi connectivity index (χ0v) is 6.92. The maximum absolute atomic E-state index is 11.1. The van der Waals surface area contributed by atoms with Crippen LogP contribution in [0.4, 0.5) is 0 Å². The highest BCUT2D eigenvalue weighted by molar-refractivity contribution is 5.81. The molecule has 1 N–H and O–H groups in total. The van der Waals surface area contributed by atoms with Crippen molar-refractivity contribution in [3.63, 3.8) is 0 Å². The van der Waals surface area contributed by atoms with E-state index < -0.39 is 11.4 Å². The van der Waals surface area contributed by atoms with Crippen molar-refractivity contribution in [3.05, 3.63) is 11.6 Å². The van der Waals surface area contributed by atoms with Gasteiger partial charge in [0.15, 0.2) is 0 Å². The van der Waals surface area contributed by atoms with E-state index in [1.807, 2.05) is 0 Å². The summed E-state index contributed by atoms with van der Waals surface area (Å²) in [7, 11) is 0. The van der Waals surface area contributed by atoms with Crippen LogP contribution < -0.4 is 0 Å². The van der Waals surface area contributed by atoms with Gasteiger partial charge in [-0.2, -0.15) is 0 Å². The highest BCUT2D eigenvalue weighted by Crippen LogP contribution is 2.61. The molecule has 2 saturated carbocycles. The summed E-state index contributed by atoms with van der Waals surface area (Å²) in [6.45, 7) is 0. The summed E-state index contributed by atoms with van der Waals surface area (Å²) in [5.74, 6) is 0.724. The maximum atomic E-state index is 11.1. The number of rotatable bonds is 1. The topological polar surface area (TPSA) is 37.3 Å². The Morgan fingerprint density at radius 3 is 3.00 bits per heavy atom. The molecule has 0 spiro atoms. The highest BCUT2D eigenvalue weighted by Gasteiger charge is 2.57. The van der Waals surface area contributed by atoms with Crippen LogP contribution in [0.3, 0.4) is 0 Å². The molecule has 64 valence electrons. The largest absolute Gasteiger partial charge is 0.481 e. The molecule has 0 amide bonds. The summed E-state index contributed by atoms with van der Waals surface area (Å²) in [5, 5.41) is 9.17. The second-order valence-corrected chi connectivity index (χ2v) is 4.55. The molecular weight excluding hydrogens is 152 g/mol. The number of hydrogen-bond acceptors (Lipinski definition) is 1. The van der Waals surface area contributed by atoms with Gasteiger partial charge in [-0.3, -0.25) is 4.79 Å². The first-order valence-corrected chi connectivity index (χ1v) is 4.65. The summed E-state index contributed by atoms with van der Waals surface area (Å²) in [5.41, 5.74) is 0.851. The number of allylic oxidation sites excluding steroid dienone is 1. The summed E-state index contributed by atoms with van der Waals surface area (Å²) in [6.07, 6.45) is 6.37. The molecule has 4 rings (SSSR count). The Labute approximate surface area is 71.3 Å². The molecule has 2 heteroatoms. The Morgan fingerprint density at radius 2 is 2.42 bits per heavy atom. The van der Waals surface area contributed by atoms with Crippen LogP contribution in [0.2, 0.25) is 0 Å². The average Bonchev–Trinajstić information content (AvgIpc) is 2.37. The Balaban J connectivity index is 2.11. The molecule has 0 saturated heterocycles. The molecular formula is C10H12O2. The minimum absolute atomic E-state index is 0.395. The van der Waals surface area contributed by atoms with Crippen molar-refractivity contribution in [3.8, 4) is 0 Å². The smallest absolute Gasteiger partial charge is 0.313 e. The van der Waals surface area contributed by atoms with E-state index in [2.05, 4.69) is 6.08 Å². The highest BCUT2D eigenvalue weighted by atomic mass is 16.4. The Morgan fingerprint density at radius 1 is 1.58 bits per heavy atom. The molecule has 2 fully saturated rings. The van der Waals surface area contributed by atoms with Crippen molar-refractivity contribution in [1.82, 2.24) is 0 Å². The molecule has 0 aliphatic heterocycles. The quantitative estimate of drug-likeness (QED) is 0.600. The van der Waals surface area contributed by atoms with E-state index in [9.17, 15) is 9.90 Å². The number of aliphatic carboxylic acids is 1. The first-order valence-electron chi connectivity index (χ1n) is 4.65. The number of hydrogen-bond donors (Lipinski definition) is 1. The van der Waals surface area contributed by atoms with Crippen LogP contribution in [0.25, 0.3) is 0 Å². The first-order chi connectivity index (χ1) is 5.71. The molecule has 0 heterocycles. The fourth-order valence-electron chi connectivity index (χ4n) is 3.49. The van der Waals surface area contributed by atoms with Gasteiger partial charge in [0, 0.05) is 0 Å². The van der Waals surface area contributed by atoms with Crippen molar-refractivity contribution >= 4 is 5.97 Å². The van der Waals surface area contributed by atoms with Crippen molar-refractivity contribution in [2.45, 2.75) is 25.7 Å². The van der Waals surface area contributed by atoms with Crippen LogP contribution in [-0.2, 0) is 4.79 Å². The Hall–Kier alpha value is -0.790. The lowest BCUT2D eigenvalue weighted by Crippen LogP contribution is -2.30. The fraction of sp³-hybridized carbons (Fsp3) is 0.700. The Kier molecular flexibility index (Phi) is 0.980. The van der Waals surface area contributed by atoms with Crippen LogP contribution in [-0.4, -0.2) is 11.1 Å². The fourth-order valence-corrected chi connectivity index (χ4v) is 3.49. The molecule has 2 nitrogen and oxygen atoms in total. The van der Waals surface area contributed by atoms with Crippen LogP contribution in [0.5, 0.6) is 0 Å². The molecule has 0 radical (unpaired) electrons. The van der Waals surface area contributed by atoms with E-state index in [4.69, 9.17) is 0 Å². The lowest BCUT2D eigenvalue weighted by atomic mass is 9.75. The van der Waals surface area contributed by atoms with Gasteiger partial charge in [-0.25, -0.2) is 0 Å². The van der Waals surface area contributed by atoms with Crippen LogP contribution >= 0.6 is 0 Å². The predicted molar refractivity (Wildman–Crippen MR) is 43.6 cm³/mol. The molecule has 4 aliphatic rings. The molecule has 0 aromatic carbocycles. The van der Waals surface area contributed by atoms with Gasteiger partial charge in [-0.05, 0) is 37.5 Å². The van der Waals surface area contributed by atoms with E-state index in [0.717, 1.165) is 19.3 Å². The van der Waals surface area contributed by atoms with E-state index >= 15 is 0 Å². The number of carboxylic acids is 1. The minimum atomic E-state index is -0.571. The van der Waals surface area contributed by atoms with Gasteiger partial charge in [-0.15, -0.1) is 0 Å². The van der Waals surface area contributed by atoms with Gasteiger partial charge in [0.25, 0.3) is 0 Å². The van der Waals surface area contributed by atoms with Crippen LogP contribution in [0, 0.1) is 17.3 Å². The minimum Gasteiger partial charge on any atom is -0.481 e. The molecule has 4 bridgehead atoms. The van der Waals surface area contributed by atoms with Gasteiger partial charge in [0.2, 0.25) is 0 Å². The van der Waals surface area contributed by atoms with Crippen molar-refractivity contribution in [2.24, 2.45) is 17.3 Å². The normalized spacial score (nSPS) is 48.2.